The van der Waals surface area contributed by atoms with E-state index in [1.807, 2.05) is 24.3 Å². The quantitative estimate of drug-likeness (QED) is 0.854. The number of ether oxygens (including phenoxy) is 1. The van der Waals surface area contributed by atoms with Gasteiger partial charge in [-0.05, 0) is 30.9 Å². The summed E-state index contributed by atoms with van der Waals surface area (Å²) in [6, 6.07) is 7.75. The number of hydrogen-bond donors (Lipinski definition) is 1. The summed E-state index contributed by atoms with van der Waals surface area (Å²) in [5.41, 5.74) is 0. The zero-order chi connectivity index (χ0) is 12.1. The molecule has 1 N–H and O–H groups in total. The highest BCUT2D eigenvalue weighted by atomic mass is 35.5. The normalized spacial score (nSPS) is 19.2. The Morgan fingerprint density at radius 3 is 2.76 bits per heavy atom. The highest BCUT2D eigenvalue weighted by Crippen LogP contribution is 2.29. The van der Waals surface area contributed by atoms with Crippen LogP contribution in [0.1, 0.15) is 12.8 Å². The van der Waals surface area contributed by atoms with Gasteiger partial charge < -0.3 is 9.84 Å². The second kappa shape index (κ2) is 6.64. The zero-order valence-corrected chi connectivity index (χ0v) is 11.2. The van der Waals surface area contributed by atoms with Gasteiger partial charge in [0.25, 0.3) is 0 Å². The molecule has 2 nitrogen and oxygen atoms in total. The lowest BCUT2D eigenvalue weighted by Crippen LogP contribution is -2.28. The molecule has 17 heavy (non-hydrogen) atoms. The molecule has 1 aromatic rings. The summed E-state index contributed by atoms with van der Waals surface area (Å²) < 4.78 is 5.29. The van der Waals surface area contributed by atoms with Crippen molar-refractivity contribution in [2.24, 2.45) is 5.92 Å². The summed E-state index contributed by atoms with van der Waals surface area (Å²) >= 11 is 7.70. The van der Waals surface area contributed by atoms with Crippen LogP contribution in [-0.2, 0) is 4.74 Å². The summed E-state index contributed by atoms with van der Waals surface area (Å²) in [5.74, 6) is 1.08. The average Bonchev–Trinajstić information content (AvgIpc) is 2.38. The van der Waals surface area contributed by atoms with Gasteiger partial charge in [-0.25, -0.2) is 0 Å². The fraction of sp³-hybridized carbons (Fsp3) is 0.538. The van der Waals surface area contributed by atoms with Crippen LogP contribution in [-0.4, -0.2) is 30.2 Å². The molecule has 1 fully saturated rings. The van der Waals surface area contributed by atoms with E-state index >= 15 is 0 Å². The second-order valence-electron chi connectivity index (χ2n) is 4.26. The molecule has 0 amide bonds. The molecule has 1 atom stereocenters. The molecule has 0 bridgehead atoms. The Bertz CT molecular complexity index is 353. The number of aliphatic hydroxyl groups is 1. The van der Waals surface area contributed by atoms with E-state index in [4.69, 9.17) is 16.3 Å². The van der Waals surface area contributed by atoms with Crippen LogP contribution in [0, 0.1) is 5.92 Å². The zero-order valence-electron chi connectivity index (χ0n) is 9.64. The molecule has 0 aromatic heterocycles. The van der Waals surface area contributed by atoms with Crippen LogP contribution in [0.4, 0.5) is 0 Å². The number of halogens is 1. The molecule has 4 heteroatoms. The third-order valence-corrected chi connectivity index (χ3v) is 4.67. The molecule has 0 radical (unpaired) electrons. The smallest absolute Gasteiger partial charge is 0.0663 e. The van der Waals surface area contributed by atoms with Crippen LogP contribution in [0.5, 0.6) is 0 Å². The van der Waals surface area contributed by atoms with Crippen molar-refractivity contribution in [1.29, 1.82) is 0 Å². The second-order valence-corrected chi connectivity index (χ2v) is 5.73. The molecule has 1 unspecified atom stereocenters. The van der Waals surface area contributed by atoms with E-state index in [9.17, 15) is 5.11 Å². The predicted octanol–water partition coefficient (Wildman–Crippen LogP) is 3.22. The standard InChI is InChI=1S/C13H17ClO2S/c14-11-3-1-2-4-13(11)17-9-12(15)10-5-7-16-8-6-10/h1-4,10,12,15H,5-9H2. The van der Waals surface area contributed by atoms with Crippen LogP contribution in [0.3, 0.4) is 0 Å². The Kier molecular flexibility index (Phi) is 5.16. The van der Waals surface area contributed by atoms with Crippen LogP contribution in [0.25, 0.3) is 0 Å². The fourth-order valence-corrected chi connectivity index (χ4v) is 3.28. The Labute approximate surface area is 111 Å². The Morgan fingerprint density at radius 1 is 1.35 bits per heavy atom. The summed E-state index contributed by atoms with van der Waals surface area (Å²) in [6.45, 7) is 1.55. The fourth-order valence-electron chi connectivity index (χ4n) is 1.97. The maximum Gasteiger partial charge on any atom is 0.0663 e. The monoisotopic (exact) mass is 272 g/mol. The maximum absolute atomic E-state index is 10.1. The van der Waals surface area contributed by atoms with Crippen molar-refractivity contribution in [2.75, 3.05) is 19.0 Å². The Morgan fingerprint density at radius 2 is 2.06 bits per heavy atom. The minimum atomic E-state index is -0.264. The van der Waals surface area contributed by atoms with Gasteiger partial charge in [-0.1, -0.05) is 23.7 Å². The first-order valence-electron chi connectivity index (χ1n) is 5.90. The molecule has 1 aliphatic rings. The van der Waals surface area contributed by atoms with Crippen LogP contribution in [0.15, 0.2) is 29.2 Å². The minimum absolute atomic E-state index is 0.264. The molecule has 0 aliphatic carbocycles. The SMILES string of the molecule is OC(CSc1ccccc1Cl)C1CCOCC1. The van der Waals surface area contributed by atoms with Gasteiger partial charge in [0.15, 0.2) is 0 Å². The van der Waals surface area contributed by atoms with Crippen molar-refractivity contribution < 1.29 is 9.84 Å². The van der Waals surface area contributed by atoms with Gasteiger partial charge in [0, 0.05) is 23.9 Å². The van der Waals surface area contributed by atoms with Gasteiger partial charge in [-0.15, -0.1) is 11.8 Å². The lowest BCUT2D eigenvalue weighted by molar-refractivity contribution is 0.0169. The van der Waals surface area contributed by atoms with Gasteiger partial charge >= 0.3 is 0 Å². The van der Waals surface area contributed by atoms with Crippen LogP contribution >= 0.6 is 23.4 Å². The third kappa shape index (κ3) is 3.88. The van der Waals surface area contributed by atoms with E-state index in [0.29, 0.717) is 11.7 Å². The van der Waals surface area contributed by atoms with Gasteiger partial charge in [0.2, 0.25) is 0 Å². The Hall–Kier alpha value is -0.220. The van der Waals surface area contributed by atoms with Crippen molar-refractivity contribution in [3.8, 4) is 0 Å². The van der Waals surface area contributed by atoms with Gasteiger partial charge in [0.05, 0.1) is 11.1 Å². The summed E-state index contributed by atoms with van der Waals surface area (Å²) in [4.78, 5) is 1.04. The first-order chi connectivity index (χ1) is 8.27. The van der Waals surface area contributed by atoms with Crippen molar-refractivity contribution in [3.63, 3.8) is 0 Å². The molecule has 94 valence electrons. The van der Waals surface area contributed by atoms with Crippen molar-refractivity contribution in [1.82, 2.24) is 0 Å². The molecule has 1 aliphatic heterocycles. The lowest BCUT2D eigenvalue weighted by atomic mass is 9.95. The molecular weight excluding hydrogens is 256 g/mol. The average molecular weight is 273 g/mol. The predicted molar refractivity (Wildman–Crippen MR) is 71.7 cm³/mol. The summed E-state index contributed by atoms with van der Waals surface area (Å²) in [6.07, 6.45) is 1.66. The van der Waals surface area contributed by atoms with Gasteiger partial charge in [0.1, 0.15) is 0 Å². The molecule has 1 saturated heterocycles. The molecule has 1 heterocycles. The van der Waals surface area contributed by atoms with Crippen LogP contribution < -0.4 is 0 Å². The molecular formula is C13H17ClO2S. The first-order valence-corrected chi connectivity index (χ1v) is 7.27. The molecule has 0 spiro atoms. The van der Waals surface area contributed by atoms with Gasteiger partial charge in [-0.3, -0.25) is 0 Å². The number of benzene rings is 1. The molecule has 0 saturated carbocycles. The number of hydrogen-bond acceptors (Lipinski definition) is 3. The largest absolute Gasteiger partial charge is 0.392 e. The van der Waals surface area contributed by atoms with Crippen molar-refractivity contribution in [2.45, 2.75) is 23.8 Å². The topological polar surface area (TPSA) is 29.5 Å². The first kappa shape index (κ1) is 13.2. The van der Waals surface area contributed by atoms with E-state index in [1.54, 1.807) is 11.8 Å². The maximum atomic E-state index is 10.1. The van der Waals surface area contributed by atoms with Gasteiger partial charge in [-0.2, -0.15) is 0 Å². The summed E-state index contributed by atoms with van der Waals surface area (Å²) in [5, 5.41) is 10.9. The lowest BCUT2D eigenvalue weighted by Gasteiger charge is -2.26. The van der Waals surface area contributed by atoms with E-state index in [2.05, 4.69) is 0 Å². The van der Waals surface area contributed by atoms with E-state index in [-0.39, 0.29) is 6.10 Å². The van der Waals surface area contributed by atoms with Crippen molar-refractivity contribution in [3.05, 3.63) is 29.3 Å². The minimum Gasteiger partial charge on any atom is -0.392 e. The highest BCUT2D eigenvalue weighted by Gasteiger charge is 2.22. The number of rotatable bonds is 4. The van der Waals surface area contributed by atoms with E-state index in [0.717, 1.165) is 36.0 Å². The van der Waals surface area contributed by atoms with Crippen molar-refractivity contribution >= 4 is 23.4 Å². The Balaban J connectivity index is 1.83. The summed E-state index contributed by atoms with van der Waals surface area (Å²) in [7, 11) is 0. The molecule has 2 rings (SSSR count). The number of aliphatic hydroxyl groups excluding tert-OH is 1. The number of thioether (sulfide) groups is 1. The van der Waals surface area contributed by atoms with E-state index < -0.39 is 0 Å². The highest BCUT2D eigenvalue weighted by molar-refractivity contribution is 7.99. The van der Waals surface area contributed by atoms with E-state index in [1.165, 1.54) is 0 Å². The third-order valence-electron chi connectivity index (χ3n) is 3.06. The van der Waals surface area contributed by atoms with Crippen LogP contribution in [0.2, 0.25) is 5.02 Å². The molecule has 1 aromatic carbocycles.